The predicted octanol–water partition coefficient (Wildman–Crippen LogP) is 5.37. The number of aromatic amines is 1. The standard InChI is InChI=1S/C30H31ClFN5O4/c1-16-10-19(6-8-24(16)41-25-11-17(2)35-36-28(25)39)27(38)34-18(3)29(40)37-23(7-9-26(37)30(4,5)15-33)20-12-21(31)14-22(32)13-20/h6,8,10-14,18,23,26H,7,9H2,1-5H3,(H,34,38)(H,36,39)/t18-,23?,26-/m1/s1. The summed E-state index contributed by atoms with van der Waals surface area (Å²) in [7, 11) is 0. The van der Waals surface area contributed by atoms with Gasteiger partial charge in [0.2, 0.25) is 5.91 Å². The molecule has 1 aliphatic rings. The van der Waals surface area contributed by atoms with Crippen LogP contribution in [-0.4, -0.2) is 39.0 Å². The van der Waals surface area contributed by atoms with E-state index in [1.54, 1.807) is 57.7 Å². The van der Waals surface area contributed by atoms with Crippen molar-refractivity contribution in [2.75, 3.05) is 0 Å². The van der Waals surface area contributed by atoms with Crippen LogP contribution in [0.3, 0.4) is 0 Å². The van der Waals surface area contributed by atoms with E-state index in [1.165, 1.54) is 24.3 Å². The van der Waals surface area contributed by atoms with E-state index in [0.717, 1.165) is 0 Å². The van der Waals surface area contributed by atoms with Crippen LogP contribution in [-0.2, 0) is 4.79 Å². The second kappa shape index (κ2) is 11.7. The predicted molar refractivity (Wildman–Crippen MR) is 151 cm³/mol. The highest BCUT2D eigenvalue weighted by Gasteiger charge is 2.46. The number of nitrogens with zero attached hydrogens (tertiary/aromatic N) is 3. The molecule has 1 aromatic heterocycles. The third kappa shape index (κ3) is 6.41. The van der Waals surface area contributed by atoms with E-state index in [9.17, 15) is 24.0 Å². The third-order valence-electron chi connectivity index (χ3n) is 7.30. The second-order valence-corrected chi connectivity index (χ2v) is 11.3. The monoisotopic (exact) mass is 579 g/mol. The minimum Gasteiger partial charge on any atom is -0.451 e. The van der Waals surface area contributed by atoms with Gasteiger partial charge in [-0.15, -0.1) is 0 Å². The van der Waals surface area contributed by atoms with Gasteiger partial charge in [0.05, 0.1) is 29.3 Å². The number of halogens is 2. The zero-order valence-corrected chi connectivity index (χ0v) is 24.2. The molecule has 0 saturated carbocycles. The molecule has 4 rings (SSSR count). The van der Waals surface area contributed by atoms with Crippen molar-refractivity contribution in [1.82, 2.24) is 20.4 Å². The Morgan fingerprint density at radius 3 is 2.59 bits per heavy atom. The van der Waals surface area contributed by atoms with Crippen molar-refractivity contribution < 1.29 is 18.7 Å². The summed E-state index contributed by atoms with van der Waals surface area (Å²) in [5.41, 5.74) is 0.637. The average molecular weight is 580 g/mol. The van der Waals surface area contributed by atoms with E-state index in [4.69, 9.17) is 16.3 Å². The van der Waals surface area contributed by atoms with Crippen LogP contribution in [0.1, 0.15) is 66.8 Å². The van der Waals surface area contributed by atoms with Crippen molar-refractivity contribution in [3.05, 3.63) is 86.0 Å². The van der Waals surface area contributed by atoms with Crippen LogP contribution in [0.4, 0.5) is 4.39 Å². The van der Waals surface area contributed by atoms with E-state index < -0.39 is 46.7 Å². The molecule has 1 fully saturated rings. The number of nitrogens with one attached hydrogen (secondary N) is 2. The van der Waals surface area contributed by atoms with Gasteiger partial charge in [0.25, 0.3) is 5.91 Å². The third-order valence-corrected chi connectivity index (χ3v) is 7.52. The van der Waals surface area contributed by atoms with Crippen molar-refractivity contribution in [2.45, 2.75) is 65.6 Å². The number of ether oxygens (including phenoxy) is 1. The highest BCUT2D eigenvalue weighted by atomic mass is 35.5. The van der Waals surface area contributed by atoms with Gasteiger partial charge in [0.15, 0.2) is 5.75 Å². The lowest BCUT2D eigenvalue weighted by Crippen LogP contribution is -2.52. The van der Waals surface area contributed by atoms with Crippen molar-refractivity contribution in [3.63, 3.8) is 0 Å². The molecule has 2 amide bonds. The topological polar surface area (TPSA) is 128 Å². The van der Waals surface area contributed by atoms with Crippen molar-refractivity contribution >= 4 is 23.4 Å². The number of carbonyl (C=O) groups excluding carboxylic acids is 2. The largest absolute Gasteiger partial charge is 0.451 e. The van der Waals surface area contributed by atoms with Crippen LogP contribution < -0.4 is 15.6 Å². The van der Waals surface area contributed by atoms with E-state index in [2.05, 4.69) is 21.6 Å². The Hall–Kier alpha value is -4.23. The number of likely N-dealkylation sites (tertiary alicyclic amines) is 1. The minimum atomic E-state index is -0.946. The average Bonchev–Trinajstić information content (AvgIpc) is 3.37. The van der Waals surface area contributed by atoms with Gasteiger partial charge in [-0.25, -0.2) is 9.49 Å². The quantitative estimate of drug-likeness (QED) is 0.387. The smallest absolute Gasteiger partial charge is 0.307 e. The number of benzene rings is 2. The highest BCUT2D eigenvalue weighted by molar-refractivity contribution is 6.30. The van der Waals surface area contributed by atoms with Crippen molar-refractivity contribution in [2.24, 2.45) is 5.41 Å². The van der Waals surface area contributed by atoms with Gasteiger partial charge < -0.3 is 15.0 Å². The van der Waals surface area contributed by atoms with Crippen LogP contribution in [0.15, 0.2) is 47.3 Å². The maximum Gasteiger partial charge on any atom is 0.307 e. The maximum atomic E-state index is 14.2. The highest BCUT2D eigenvalue weighted by Crippen LogP contribution is 2.44. The zero-order chi connectivity index (χ0) is 30.1. The first kappa shape index (κ1) is 29.7. The fourth-order valence-corrected chi connectivity index (χ4v) is 5.37. The summed E-state index contributed by atoms with van der Waals surface area (Å²) in [5, 5.41) is 19.0. The molecule has 41 heavy (non-hydrogen) atoms. The van der Waals surface area contributed by atoms with E-state index >= 15 is 0 Å². The number of aromatic nitrogens is 2. The van der Waals surface area contributed by atoms with Crippen molar-refractivity contribution in [1.29, 1.82) is 5.26 Å². The number of nitriles is 1. The first-order valence-corrected chi connectivity index (χ1v) is 13.5. The van der Waals surface area contributed by atoms with E-state index in [-0.39, 0.29) is 16.3 Å². The molecule has 2 heterocycles. The molecule has 11 heteroatoms. The van der Waals surface area contributed by atoms with E-state index in [1.807, 2.05) is 0 Å². The molecule has 3 atom stereocenters. The maximum absolute atomic E-state index is 14.2. The van der Waals surface area contributed by atoms with Crippen molar-refractivity contribution in [3.8, 4) is 17.6 Å². The summed E-state index contributed by atoms with van der Waals surface area (Å²) in [6.07, 6.45) is 1.05. The fraction of sp³-hybridized carbons (Fsp3) is 0.367. The lowest BCUT2D eigenvalue weighted by molar-refractivity contribution is -0.137. The Morgan fingerprint density at radius 2 is 1.93 bits per heavy atom. The van der Waals surface area contributed by atoms with Gasteiger partial charge in [-0.3, -0.25) is 14.4 Å². The van der Waals surface area contributed by atoms with Crippen LogP contribution in [0, 0.1) is 36.4 Å². The molecule has 9 nitrogen and oxygen atoms in total. The number of aryl methyl sites for hydroxylation is 2. The first-order chi connectivity index (χ1) is 19.3. The number of hydrogen-bond donors (Lipinski definition) is 2. The molecule has 0 aliphatic carbocycles. The summed E-state index contributed by atoms with van der Waals surface area (Å²) in [6.45, 7) is 8.54. The normalized spacial score (nSPS) is 17.6. The number of amides is 2. The first-order valence-electron chi connectivity index (χ1n) is 13.2. The van der Waals surface area contributed by atoms with Gasteiger partial charge >= 0.3 is 5.56 Å². The molecule has 3 aromatic rings. The Kier molecular flexibility index (Phi) is 8.50. The second-order valence-electron chi connectivity index (χ2n) is 10.9. The number of hydrogen-bond acceptors (Lipinski definition) is 6. The van der Waals surface area contributed by atoms with Gasteiger partial charge in [0, 0.05) is 16.7 Å². The Balaban J connectivity index is 1.55. The summed E-state index contributed by atoms with van der Waals surface area (Å²) in [4.78, 5) is 40.6. The zero-order valence-electron chi connectivity index (χ0n) is 23.4. The molecule has 0 radical (unpaired) electrons. The number of rotatable bonds is 7. The molecule has 2 aromatic carbocycles. The van der Waals surface area contributed by atoms with Gasteiger partial charge in [-0.1, -0.05) is 11.6 Å². The van der Waals surface area contributed by atoms with Crippen LogP contribution in [0.2, 0.25) is 5.02 Å². The summed E-state index contributed by atoms with van der Waals surface area (Å²) in [6, 6.07) is 10.7. The molecular formula is C30H31ClFN5O4. The fourth-order valence-electron chi connectivity index (χ4n) is 5.14. The Morgan fingerprint density at radius 1 is 1.20 bits per heavy atom. The van der Waals surface area contributed by atoms with Gasteiger partial charge in [-0.2, -0.15) is 10.4 Å². The van der Waals surface area contributed by atoms with Crippen LogP contribution in [0.5, 0.6) is 11.5 Å². The van der Waals surface area contributed by atoms with Crippen LogP contribution in [0.25, 0.3) is 0 Å². The van der Waals surface area contributed by atoms with Gasteiger partial charge in [-0.05, 0) is 95.0 Å². The molecule has 214 valence electrons. The molecule has 1 unspecified atom stereocenters. The van der Waals surface area contributed by atoms with E-state index in [0.29, 0.717) is 35.4 Å². The minimum absolute atomic E-state index is 0.0756. The number of H-pyrrole nitrogens is 1. The Labute approximate surface area is 242 Å². The summed E-state index contributed by atoms with van der Waals surface area (Å²) >= 11 is 6.11. The summed E-state index contributed by atoms with van der Waals surface area (Å²) < 4.78 is 19.9. The molecular weight excluding hydrogens is 549 g/mol. The molecule has 0 spiro atoms. The molecule has 1 saturated heterocycles. The van der Waals surface area contributed by atoms with Gasteiger partial charge in [0.1, 0.15) is 17.6 Å². The molecule has 0 bridgehead atoms. The summed E-state index contributed by atoms with van der Waals surface area (Å²) in [5.74, 6) is -0.934. The SMILES string of the molecule is Cc1cc(Oc2ccc(C(=O)N[C@H](C)C(=O)N3C(c4cc(F)cc(Cl)c4)CC[C@@H]3C(C)(C)C#N)cc2C)c(=O)[nH]n1. The van der Waals surface area contributed by atoms with Crippen LogP contribution >= 0.6 is 11.6 Å². The lowest BCUT2D eigenvalue weighted by Gasteiger charge is -2.38. The molecule has 1 aliphatic heterocycles. The Bertz CT molecular complexity index is 1580. The number of carbonyl (C=O) groups is 2. The molecule has 2 N–H and O–H groups in total. The lowest BCUT2D eigenvalue weighted by atomic mass is 9.84.